The number of nitrogens with one attached hydrogen (secondary N) is 1. The molecule has 0 aromatic heterocycles. The number of benzene rings is 1. The maximum Gasteiger partial charge on any atom is 0.252 e. The zero-order valence-corrected chi connectivity index (χ0v) is 19.7. The highest BCUT2D eigenvalue weighted by atomic mass is 35.5. The summed E-state index contributed by atoms with van der Waals surface area (Å²) in [4.78, 5) is 12.5. The summed E-state index contributed by atoms with van der Waals surface area (Å²) in [6.45, 7) is 0.587. The number of sulfone groups is 1. The fourth-order valence-electron chi connectivity index (χ4n) is 5.01. The summed E-state index contributed by atoms with van der Waals surface area (Å²) in [7, 11) is -2.96. The Hall–Kier alpha value is -0.780. The van der Waals surface area contributed by atoms with Crippen LogP contribution in [0.3, 0.4) is 0 Å². The van der Waals surface area contributed by atoms with Crippen molar-refractivity contribution in [3.63, 3.8) is 0 Å². The Labute approximate surface area is 190 Å². The van der Waals surface area contributed by atoms with Crippen molar-refractivity contribution in [3.05, 3.63) is 33.8 Å². The molecule has 3 aliphatic rings. The molecular formula is C23H31Cl2NO3S. The summed E-state index contributed by atoms with van der Waals surface area (Å²) < 4.78 is 25.4. The molecule has 0 unspecified atom stereocenters. The van der Waals surface area contributed by atoms with E-state index in [-0.39, 0.29) is 16.6 Å². The molecule has 1 amide bonds. The van der Waals surface area contributed by atoms with Gasteiger partial charge in [0, 0.05) is 11.6 Å². The van der Waals surface area contributed by atoms with Crippen molar-refractivity contribution < 1.29 is 13.2 Å². The Morgan fingerprint density at radius 3 is 2.30 bits per heavy atom. The molecule has 0 spiro atoms. The number of rotatable bonds is 9. The summed E-state index contributed by atoms with van der Waals surface area (Å²) in [5, 5.41) is 3.72. The van der Waals surface area contributed by atoms with E-state index in [0.29, 0.717) is 33.8 Å². The zero-order chi connectivity index (χ0) is 21.4. The molecule has 166 valence electrons. The molecule has 0 aliphatic heterocycles. The molecule has 1 aromatic rings. The topological polar surface area (TPSA) is 63.2 Å². The van der Waals surface area contributed by atoms with E-state index in [9.17, 15) is 13.2 Å². The highest BCUT2D eigenvalue weighted by Crippen LogP contribution is 2.50. The van der Waals surface area contributed by atoms with Gasteiger partial charge in [0.25, 0.3) is 5.91 Å². The maximum atomic E-state index is 12.7. The van der Waals surface area contributed by atoms with E-state index in [0.717, 1.165) is 50.9 Å². The van der Waals surface area contributed by atoms with Gasteiger partial charge in [-0.25, -0.2) is 8.42 Å². The predicted molar refractivity (Wildman–Crippen MR) is 122 cm³/mol. The van der Waals surface area contributed by atoms with Crippen LogP contribution in [0.2, 0.25) is 10.0 Å². The van der Waals surface area contributed by atoms with Crippen LogP contribution in [0.15, 0.2) is 18.2 Å². The van der Waals surface area contributed by atoms with Crippen molar-refractivity contribution in [2.75, 3.05) is 12.3 Å². The van der Waals surface area contributed by atoms with Gasteiger partial charge in [0.05, 0.1) is 21.6 Å². The highest BCUT2D eigenvalue weighted by Gasteiger charge is 2.43. The van der Waals surface area contributed by atoms with Gasteiger partial charge in [0.2, 0.25) is 0 Å². The maximum absolute atomic E-state index is 12.7. The molecule has 3 fully saturated rings. The third-order valence-corrected chi connectivity index (χ3v) is 10.2. The van der Waals surface area contributed by atoms with Gasteiger partial charge in [-0.1, -0.05) is 36.0 Å². The normalized spacial score (nSPS) is 27.1. The van der Waals surface area contributed by atoms with E-state index in [2.05, 4.69) is 5.32 Å². The number of hydrogen-bond donors (Lipinski definition) is 1. The minimum absolute atomic E-state index is 0.157. The summed E-state index contributed by atoms with van der Waals surface area (Å²) >= 11 is 12.1. The van der Waals surface area contributed by atoms with Crippen LogP contribution in [0.5, 0.6) is 0 Å². The van der Waals surface area contributed by atoms with E-state index in [1.807, 2.05) is 0 Å². The Bertz CT molecular complexity index is 886. The second-order valence-corrected chi connectivity index (χ2v) is 12.9. The Kier molecular flexibility index (Phi) is 6.72. The van der Waals surface area contributed by atoms with Crippen molar-refractivity contribution >= 4 is 38.9 Å². The Morgan fingerprint density at radius 2 is 1.70 bits per heavy atom. The molecular weight excluding hydrogens is 441 g/mol. The van der Waals surface area contributed by atoms with Crippen LogP contribution in [-0.4, -0.2) is 31.9 Å². The van der Waals surface area contributed by atoms with Gasteiger partial charge in [-0.3, -0.25) is 4.79 Å². The predicted octanol–water partition coefficient (Wildman–Crippen LogP) is 5.67. The lowest BCUT2D eigenvalue weighted by atomic mass is 9.68. The van der Waals surface area contributed by atoms with E-state index in [1.165, 1.54) is 19.3 Å². The largest absolute Gasteiger partial charge is 0.352 e. The number of halogens is 2. The SMILES string of the molecule is O=C(NCCC1(CC2CC2)CCC(S(=O)(=O)CC2CC2)CC1)c1ccc(Cl)cc1Cl. The average molecular weight is 472 g/mol. The molecule has 1 aromatic carbocycles. The molecule has 30 heavy (non-hydrogen) atoms. The first kappa shape index (κ1) is 22.4. The van der Waals surface area contributed by atoms with Gasteiger partial charge in [0.15, 0.2) is 9.84 Å². The fourth-order valence-corrected chi connectivity index (χ4v) is 7.72. The summed E-state index contributed by atoms with van der Waals surface area (Å²) in [5.41, 5.74) is 0.594. The molecule has 4 rings (SSSR count). The standard InChI is InChI=1S/C23H31Cl2NO3S/c24-18-5-6-20(21(25)13-18)22(27)26-12-11-23(14-16-1-2-16)9-7-19(8-10-23)30(28,29)15-17-3-4-17/h5-6,13,16-17,19H,1-4,7-12,14-15H2,(H,26,27). The third-order valence-electron chi connectivity index (χ3n) is 7.20. The first-order valence-electron chi connectivity index (χ1n) is 11.2. The molecule has 1 N–H and O–H groups in total. The van der Waals surface area contributed by atoms with Gasteiger partial charge in [-0.2, -0.15) is 0 Å². The molecule has 3 aliphatic carbocycles. The number of hydrogen-bond acceptors (Lipinski definition) is 3. The molecule has 7 heteroatoms. The van der Waals surface area contributed by atoms with Crippen molar-refractivity contribution in [1.29, 1.82) is 0 Å². The molecule has 0 atom stereocenters. The van der Waals surface area contributed by atoms with E-state index >= 15 is 0 Å². The van der Waals surface area contributed by atoms with Crippen LogP contribution in [0.4, 0.5) is 0 Å². The van der Waals surface area contributed by atoms with Crippen molar-refractivity contribution in [2.24, 2.45) is 17.3 Å². The Balaban J connectivity index is 1.33. The van der Waals surface area contributed by atoms with E-state index < -0.39 is 9.84 Å². The average Bonchev–Trinajstić information content (AvgIpc) is 3.60. The molecule has 0 saturated heterocycles. The van der Waals surface area contributed by atoms with Crippen LogP contribution in [-0.2, 0) is 9.84 Å². The van der Waals surface area contributed by atoms with Gasteiger partial charge in [-0.15, -0.1) is 0 Å². The summed E-state index contributed by atoms with van der Waals surface area (Å²) in [6.07, 6.45) is 10.3. The van der Waals surface area contributed by atoms with Gasteiger partial charge in [-0.05, 0) is 86.8 Å². The van der Waals surface area contributed by atoms with E-state index in [1.54, 1.807) is 18.2 Å². The lowest BCUT2D eigenvalue weighted by Gasteiger charge is -2.40. The van der Waals surface area contributed by atoms with Crippen LogP contribution >= 0.6 is 23.2 Å². The Morgan fingerprint density at radius 1 is 1.03 bits per heavy atom. The first-order chi connectivity index (χ1) is 14.3. The third kappa shape index (κ3) is 5.72. The smallest absolute Gasteiger partial charge is 0.252 e. The second kappa shape index (κ2) is 8.99. The van der Waals surface area contributed by atoms with E-state index in [4.69, 9.17) is 23.2 Å². The summed E-state index contributed by atoms with van der Waals surface area (Å²) in [6, 6.07) is 4.89. The zero-order valence-electron chi connectivity index (χ0n) is 17.3. The molecule has 0 bridgehead atoms. The lowest BCUT2D eigenvalue weighted by Crippen LogP contribution is -2.38. The monoisotopic (exact) mass is 471 g/mol. The fraction of sp³-hybridized carbons (Fsp3) is 0.696. The van der Waals surface area contributed by atoms with Crippen LogP contribution < -0.4 is 5.32 Å². The minimum Gasteiger partial charge on any atom is -0.352 e. The summed E-state index contributed by atoms with van der Waals surface area (Å²) in [5.74, 6) is 1.42. The quantitative estimate of drug-likeness (QED) is 0.504. The molecule has 3 saturated carbocycles. The number of carbonyl (C=O) groups excluding carboxylic acids is 1. The van der Waals surface area contributed by atoms with Crippen LogP contribution in [0.1, 0.15) is 74.6 Å². The number of carbonyl (C=O) groups is 1. The molecule has 4 nitrogen and oxygen atoms in total. The van der Waals surface area contributed by atoms with Gasteiger partial charge >= 0.3 is 0 Å². The molecule has 0 heterocycles. The molecule has 0 radical (unpaired) electrons. The second-order valence-electron chi connectivity index (χ2n) is 9.75. The van der Waals surface area contributed by atoms with Crippen molar-refractivity contribution in [2.45, 2.75) is 69.5 Å². The highest BCUT2D eigenvalue weighted by molar-refractivity contribution is 7.92. The van der Waals surface area contributed by atoms with Crippen LogP contribution in [0.25, 0.3) is 0 Å². The van der Waals surface area contributed by atoms with Crippen molar-refractivity contribution in [1.82, 2.24) is 5.32 Å². The van der Waals surface area contributed by atoms with Crippen LogP contribution in [0, 0.1) is 17.3 Å². The minimum atomic E-state index is -2.96. The number of amides is 1. The lowest BCUT2D eigenvalue weighted by molar-refractivity contribution is 0.0933. The first-order valence-corrected chi connectivity index (χ1v) is 13.7. The van der Waals surface area contributed by atoms with Gasteiger partial charge < -0.3 is 5.32 Å². The van der Waals surface area contributed by atoms with Crippen molar-refractivity contribution in [3.8, 4) is 0 Å². The van der Waals surface area contributed by atoms with Gasteiger partial charge in [0.1, 0.15) is 0 Å².